The molecule has 1 heterocycles. The van der Waals surface area contributed by atoms with E-state index in [9.17, 15) is 19.5 Å². The fourth-order valence-electron chi connectivity index (χ4n) is 1.87. The summed E-state index contributed by atoms with van der Waals surface area (Å²) < 4.78 is 10.2. The number of ketones is 1. The van der Waals surface area contributed by atoms with Gasteiger partial charge in [0.2, 0.25) is 0 Å². The summed E-state index contributed by atoms with van der Waals surface area (Å²) in [6.45, 7) is 3.38. The topological polar surface area (TPSA) is 89.9 Å². The van der Waals surface area contributed by atoms with Crippen LogP contribution < -0.4 is 0 Å². The lowest BCUT2D eigenvalue weighted by molar-refractivity contribution is -0.143. The van der Waals surface area contributed by atoms with Crippen LogP contribution in [0.1, 0.15) is 39.5 Å². The van der Waals surface area contributed by atoms with Crippen molar-refractivity contribution in [3.8, 4) is 0 Å². The highest BCUT2D eigenvalue weighted by atomic mass is 16.5. The molecule has 0 spiro atoms. The fourth-order valence-corrected chi connectivity index (χ4v) is 1.87. The van der Waals surface area contributed by atoms with Crippen molar-refractivity contribution in [1.82, 2.24) is 0 Å². The van der Waals surface area contributed by atoms with Gasteiger partial charge in [-0.3, -0.25) is 4.79 Å². The van der Waals surface area contributed by atoms with E-state index in [4.69, 9.17) is 9.47 Å². The Morgan fingerprint density at radius 1 is 0.909 bits per heavy atom. The summed E-state index contributed by atoms with van der Waals surface area (Å²) in [5.41, 5.74) is 0. The van der Waals surface area contributed by atoms with E-state index in [-0.39, 0.29) is 12.2 Å². The number of aliphatic hydroxyl groups is 1. The second kappa shape index (κ2) is 9.15. The molecule has 0 aromatic carbocycles. The lowest BCUT2D eigenvalue weighted by Gasteiger charge is -2.14. The zero-order valence-electron chi connectivity index (χ0n) is 12.9. The number of hydrogen-bond acceptors (Lipinski definition) is 6. The van der Waals surface area contributed by atoms with E-state index in [1.807, 2.05) is 0 Å². The predicted octanol–water partition coefficient (Wildman–Crippen LogP) is 1.47. The van der Waals surface area contributed by atoms with Gasteiger partial charge in [-0.25, -0.2) is 9.59 Å². The summed E-state index contributed by atoms with van der Waals surface area (Å²) >= 11 is 0. The highest BCUT2D eigenvalue weighted by Gasteiger charge is 2.13. The van der Waals surface area contributed by atoms with Crippen LogP contribution in [-0.4, -0.2) is 41.1 Å². The second-order valence-corrected chi connectivity index (χ2v) is 5.34. The normalized spacial score (nSPS) is 30.5. The summed E-state index contributed by atoms with van der Waals surface area (Å²) in [6, 6.07) is 0. The van der Waals surface area contributed by atoms with Crippen LogP contribution in [0.2, 0.25) is 0 Å². The van der Waals surface area contributed by atoms with Crippen LogP contribution in [0.25, 0.3) is 0 Å². The molecular formula is C16H22O6. The van der Waals surface area contributed by atoms with Gasteiger partial charge in [-0.1, -0.05) is 0 Å². The van der Waals surface area contributed by atoms with Crippen molar-refractivity contribution in [3.63, 3.8) is 0 Å². The first-order chi connectivity index (χ1) is 10.4. The lowest BCUT2D eigenvalue weighted by atomic mass is 10.1. The number of aliphatic hydroxyl groups excluding tert-OH is 1. The molecule has 0 aliphatic carbocycles. The van der Waals surface area contributed by atoms with Crippen molar-refractivity contribution in [2.24, 2.45) is 0 Å². The van der Waals surface area contributed by atoms with Crippen molar-refractivity contribution in [2.75, 3.05) is 0 Å². The molecule has 22 heavy (non-hydrogen) atoms. The minimum absolute atomic E-state index is 0.167. The molecule has 0 bridgehead atoms. The monoisotopic (exact) mass is 310 g/mol. The number of cyclic esters (lactones) is 2. The van der Waals surface area contributed by atoms with Gasteiger partial charge in [0.1, 0.15) is 0 Å². The molecule has 0 unspecified atom stereocenters. The third-order valence-corrected chi connectivity index (χ3v) is 3.16. The maximum absolute atomic E-state index is 11.6. The number of hydrogen-bond donors (Lipinski definition) is 1. The predicted molar refractivity (Wildman–Crippen MR) is 78.9 cm³/mol. The number of rotatable bonds is 0. The zero-order valence-corrected chi connectivity index (χ0v) is 12.9. The van der Waals surface area contributed by atoms with Gasteiger partial charge in [0.15, 0.2) is 5.78 Å². The zero-order chi connectivity index (χ0) is 16.5. The molecule has 1 N–H and O–H groups in total. The van der Waals surface area contributed by atoms with Crippen LogP contribution in [0.5, 0.6) is 0 Å². The van der Waals surface area contributed by atoms with Gasteiger partial charge in [0.25, 0.3) is 0 Å². The average molecular weight is 310 g/mol. The molecule has 0 saturated heterocycles. The van der Waals surface area contributed by atoms with Gasteiger partial charge >= 0.3 is 11.9 Å². The third-order valence-electron chi connectivity index (χ3n) is 3.16. The molecule has 0 aromatic rings. The molecular weight excluding hydrogens is 288 g/mol. The van der Waals surface area contributed by atoms with E-state index < -0.39 is 30.3 Å². The molecule has 1 aliphatic rings. The van der Waals surface area contributed by atoms with E-state index in [2.05, 4.69) is 0 Å². The van der Waals surface area contributed by atoms with Crippen LogP contribution in [0.3, 0.4) is 0 Å². The molecule has 0 amide bonds. The number of allylic oxidation sites excluding steroid dienone is 1. The highest BCUT2D eigenvalue weighted by Crippen LogP contribution is 2.09. The summed E-state index contributed by atoms with van der Waals surface area (Å²) in [5, 5.41) is 9.73. The van der Waals surface area contributed by atoms with Crippen LogP contribution in [0.15, 0.2) is 24.3 Å². The number of carbonyl (C=O) groups is 3. The number of ether oxygens (including phenoxy) is 2. The van der Waals surface area contributed by atoms with Crippen LogP contribution in [0, 0.1) is 0 Å². The van der Waals surface area contributed by atoms with Gasteiger partial charge in [0.05, 0.1) is 18.3 Å². The molecule has 0 fully saturated rings. The first-order valence-corrected chi connectivity index (χ1v) is 7.35. The Labute approximate surface area is 129 Å². The molecule has 122 valence electrons. The minimum Gasteiger partial charge on any atom is -0.460 e. The second-order valence-electron chi connectivity index (χ2n) is 5.34. The molecule has 6 heteroatoms. The quantitative estimate of drug-likeness (QED) is 0.681. The Balaban J connectivity index is 2.72. The lowest BCUT2D eigenvalue weighted by Crippen LogP contribution is -2.17. The summed E-state index contributed by atoms with van der Waals surface area (Å²) in [5.74, 6) is -1.37. The maximum atomic E-state index is 11.6. The van der Waals surface area contributed by atoms with E-state index in [0.717, 1.165) is 6.08 Å². The molecule has 0 radical (unpaired) electrons. The largest absolute Gasteiger partial charge is 0.460 e. The molecule has 1 aliphatic heterocycles. The maximum Gasteiger partial charge on any atom is 0.331 e. The van der Waals surface area contributed by atoms with E-state index in [1.54, 1.807) is 13.8 Å². The van der Waals surface area contributed by atoms with Crippen molar-refractivity contribution in [2.45, 2.75) is 57.8 Å². The average Bonchev–Trinajstić information content (AvgIpc) is 2.46. The van der Waals surface area contributed by atoms with Crippen LogP contribution in [-0.2, 0) is 23.9 Å². The molecule has 1 rings (SSSR count). The summed E-state index contributed by atoms with van der Waals surface area (Å²) in [7, 11) is 0. The van der Waals surface area contributed by atoms with Gasteiger partial charge < -0.3 is 14.6 Å². The summed E-state index contributed by atoms with van der Waals surface area (Å²) in [4.78, 5) is 34.6. The first-order valence-electron chi connectivity index (χ1n) is 7.35. The molecule has 0 saturated carbocycles. The summed E-state index contributed by atoms with van der Waals surface area (Å²) in [6.07, 6.45) is 4.46. The van der Waals surface area contributed by atoms with Crippen LogP contribution >= 0.6 is 0 Å². The number of esters is 2. The first kappa shape index (κ1) is 18.1. The van der Waals surface area contributed by atoms with Crippen molar-refractivity contribution >= 4 is 17.7 Å². The van der Waals surface area contributed by atoms with Gasteiger partial charge in [-0.15, -0.1) is 0 Å². The van der Waals surface area contributed by atoms with Gasteiger partial charge in [0, 0.05) is 18.6 Å². The Bertz CT molecular complexity index is 465. The Morgan fingerprint density at radius 3 is 2.18 bits per heavy atom. The van der Waals surface area contributed by atoms with E-state index in [0.29, 0.717) is 19.3 Å². The van der Waals surface area contributed by atoms with Crippen molar-refractivity contribution < 1.29 is 29.0 Å². The van der Waals surface area contributed by atoms with Crippen molar-refractivity contribution in [3.05, 3.63) is 24.3 Å². The van der Waals surface area contributed by atoms with E-state index in [1.165, 1.54) is 18.2 Å². The van der Waals surface area contributed by atoms with Crippen LogP contribution in [0.4, 0.5) is 0 Å². The molecule has 6 nitrogen and oxygen atoms in total. The van der Waals surface area contributed by atoms with Gasteiger partial charge in [-0.05, 0) is 45.3 Å². The Hall–Kier alpha value is -1.95. The fraction of sp³-hybridized carbons (Fsp3) is 0.562. The minimum atomic E-state index is -0.811. The third kappa shape index (κ3) is 7.73. The Morgan fingerprint density at radius 2 is 1.50 bits per heavy atom. The van der Waals surface area contributed by atoms with Gasteiger partial charge in [-0.2, -0.15) is 0 Å². The van der Waals surface area contributed by atoms with Crippen molar-refractivity contribution in [1.29, 1.82) is 0 Å². The Kier molecular flexibility index (Phi) is 7.52. The standard InChI is InChI=1S/C16H22O6/c1-11-3-5-13(17)8-10-16(20)22-12(2)4-6-14(18)7-9-15(19)21-11/h7-13,17H,3-6H2,1-2H3/b9-7+,10-8?/t11-,12-,13+/m1/s1. The highest BCUT2D eigenvalue weighted by molar-refractivity contribution is 5.95. The van der Waals surface area contributed by atoms with E-state index >= 15 is 0 Å². The molecule has 0 aromatic heterocycles. The number of carbonyl (C=O) groups excluding carboxylic acids is 3. The molecule has 3 atom stereocenters. The smallest absolute Gasteiger partial charge is 0.331 e. The SMILES string of the molecule is C[C@@H]1CCC(=O)/C=C/C(=O)O[C@H](C)CC[C@H](O)C=CC(=O)O1.